The molecular formula is C16H23Cl2N5O. The van der Waals surface area contributed by atoms with Crippen LogP contribution in [-0.4, -0.2) is 33.3 Å². The summed E-state index contributed by atoms with van der Waals surface area (Å²) >= 11 is 0. The zero-order valence-electron chi connectivity index (χ0n) is 13.8. The van der Waals surface area contributed by atoms with E-state index in [2.05, 4.69) is 20.7 Å². The summed E-state index contributed by atoms with van der Waals surface area (Å²) in [4.78, 5) is 16.4. The SMILES string of the molecule is Cc1cc(C)n(-c2ccc(NC(=O)CC3CCCN3)cn2)n1.Cl.Cl. The van der Waals surface area contributed by atoms with Crippen molar-refractivity contribution in [3.05, 3.63) is 35.8 Å². The van der Waals surface area contributed by atoms with Gasteiger partial charge in [0.2, 0.25) is 5.91 Å². The van der Waals surface area contributed by atoms with Crippen LogP contribution in [0.15, 0.2) is 24.4 Å². The molecule has 3 heterocycles. The van der Waals surface area contributed by atoms with Gasteiger partial charge < -0.3 is 10.6 Å². The second kappa shape index (κ2) is 9.01. The van der Waals surface area contributed by atoms with Gasteiger partial charge in [0.25, 0.3) is 0 Å². The maximum absolute atomic E-state index is 12.0. The molecule has 0 bridgehead atoms. The summed E-state index contributed by atoms with van der Waals surface area (Å²) in [5.74, 6) is 0.779. The predicted molar refractivity (Wildman–Crippen MR) is 99.6 cm³/mol. The van der Waals surface area contributed by atoms with Gasteiger partial charge in [-0.1, -0.05) is 0 Å². The Balaban J connectivity index is 0.00000144. The number of hydrogen-bond donors (Lipinski definition) is 2. The van der Waals surface area contributed by atoms with Gasteiger partial charge in [0, 0.05) is 18.2 Å². The molecule has 3 rings (SSSR count). The van der Waals surface area contributed by atoms with Crippen LogP contribution in [0.1, 0.15) is 30.7 Å². The Kier molecular flexibility index (Phi) is 7.66. The molecule has 1 amide bonds. The molecule has 6 nitrogen and oxygen atoms in total. The number of aryl methyl sites for hydroxylation is 2. The number of amides is 1. The predicted octanol–water partition coefficient (Wildman–Crippen LogP) is 2.81. The van der Waals surface area contributed by atoms with Gasteiger partial charge in [-0.25, -0.2) is 9.67 Å². The molecule has 1 unspecified atom stereocenters. The topological polar surface area (TPSA) is 71.8 Å². The Bertz CT molecular complexity index is 666. The number of rotatable bonds is 4. The number of hydrogen-bond acceptors (Lipinski definition) is 4. The molecule has 0 aromatic carbocycles. The second-order valence-corrected chi connectivity index (χ2v) is 5.79. The van der Waals surface area contributed by atoms with Crippen molar-refractivity contribution < 1.29 is 4.79 Å². The first kappa shape index (κ1) is 20.4. The number of halogens is 2. The van der Waals surface area contributed by atoms with Gasteiger partial charge >= 0.3 is 0 Å². The molecule has 1 aliphatic rings. The summed E-state index contributed by atoms with van der Waals surface area (Å²) in [7, 11) is 0. The lowest BCUT2D eigenvalue weighted by Crippen LogP contribution is -2.27. The number of nitrogens with one attached hydrogen (secondary N) is 2. The van der Waals surface area contributed by atoms with Crippen LogP contribution < -0.4 is 10.6 Å². The van der Waals surface area contributed by atoms with Gasteiger partial charge in [0.05, 0.1) is 17.6 Å². The highest BCUT2D eigenvalue weighted by atomic mass is 35.5. The van der Waals surface area contributed by atoms with E-state index in [0.29, 0.717) is 18.2 Å². The minimum absolute atomic E-state index is 0. The summed E-state index contributed by atoms with van der Waals surface area (Å²) in [6.07, 6.45) is 4.41. The molecule has 2 N–H and O–H groups in total. The van der Waals surface area contributed by atoms with Gasteiger partial charge in [-0.15, -0.1) is 24.8 Å². The van der Waals surface area contributed by atoms with E-state index in [1.807, 2.05) is 32.0 Å². The smallest absolute Gasteiger partial charge is 0.225 e. The van der Waals surface area contributed by atoms with E-state index >= 15 is 0 Å². The third kappa shape index (κ3) is 4.93. The van der Waals surface area contributed by atoms with Gasteiger partial charge in [-0.2, -0.15) is 5.10 Å². The zero-order chi connectivity index (χ0) is 15.5. The molecule has 2 aromatic heterocycles. The summed E-state index contributed by atoms with van der Waals surface area (Å²) in [6.45, 7) is 4.96. The highest BCUT2D eigenvalue weighted by molar-refractivity contribution is 5.91. The fourth-order valence-electron chi connectivity index (χ4n) is 2.81. The van der Waals surface area contributed by atoms with Gasteiger partial charge in [-0.3, -0.25) is 4.79 Å². The van der Waals surface area contributed by atoms with Crippen molar-refractivity contribution in [1.29, 1.82) is 0 Å². The molecule has 0 radical (unpaired) electrons. The molecule has 1 atom stereocenters. The van der Waals surface area contributed by atoms with Crippen molar-refractivity contribution in [3.63, 3.8) is 0 Å². The fraction of sp³-hybridized carbons (Fsp3) is 0.438. The molecule has 132 valence electrons. The van der Waals surface area contributed by atoms with Crippen molar-refractivity contribution in [2.24, 2.45) is 0 Å². The Labute approximate surface area is 154 Å². The highest BCUT2D eigenvalue weighted by Gasteiger charge is 2.17. The number of carbonyl (C=O) groups excluding carboxylic acids is 1. The van der Waals surface area contributed by atoms with Crippen LogP contribution in [0.2, 0.25) is 0 Å². The number of anilines is 1. The molecule has 0 saturated carbocycles. The highest BCUT2D eigenvalue weighted by Crippen LogP contribution is 2.14. The third-order valence-electron chi connectivity index (χ3n) is 3.85. The standard InChI is InChI=1S/C16H21N5O.2ClH/c1-11-8-12(2)21(20-11)15-6-5-14(10-18-15)19-16(22)9-13-4-3-7-17-13;;/h5-6,8,10,13,17H,3-4,7,9H2,1-2H3,(H,19,22);2*1H. The summed E-state index contributed by atoms with van der Waals surface area (Å²) in [5, 5.41) is 10.6. The lowest BCUT2D eigenvalue weighted by atomic mass is 10.1. The van der Waals surface area contributed by atoms with Crippen molar-refractivity contribution >= 4 is 36.4 Å². The van der Waals surface area contributed by atoms with E-state index in [0.717, 1.165) is 36.6 Å². The van der Waals surface area contributed by atoms with Crippen LogP contribution in [-0.2, 0) is 4.79 Å². The Morgan fingerprint density at radius 1 is 1.38 bits per heavy atom. The van der Waals surface area contributed by atoms with Crippen molar-refractivity contribution in [2.45, 2.75) is 39.2 Å². The first-order chi connectivity index (χ1) is 10.6. The molecule has 0 aliphatic carbocycles. The van der Waals surface area contributed by atoms with E-state index in [4.69, 9.17) is 0 Å². The van der Waals surface area contributed by atoms with E-state index < -0.39 is 0 Å². The molecule has 24 heavy (non-hydrogen) atoms. The lowest BCUT2D eigenvalue weighted by Gasteiger charge is -2.10. The van der Waals surface area contributed by atoms with Crippen LogP contribution >= 0.6 is 24.8 Å². The van der Waals surface area contributed by atoms with Crippen LogP contribution in [0.4, 0.5) is 5.69 Å². The molecule has 1 saturated heterocycles. The monoisotopic (exact) mass is 371 g/mol. The van der Waals surface area contributed by atoms with Crippen LogP contribution in [0.5, 0.6) is 0 Å². The summed E-state index contributed by atoms with van der Waals surface area (Å²) in [5.41, 5.74) is 2.71. The van der Waals surface area contributed by atoms with Crippen molar-refractivity contribution in [1.82, 2.24) is 20.1 Å². The summed E-state index contributed by atoms with van der Waals surface area (Å²) in [6, 6.07) is 6.04. The van der Waals surface area contributed by atoms with E-state index in [9.17, 15) is 4.79 Å². The van der Waals surface area contributed by atoms with E-state index in [-0.39, 0.29) is 30.7 Å². The lowest BCUT2D eigenvalue weighted by molar-refractivity contribution is -0.116. The molecule has 1 aliphatic heterocycles. The Morgan fingerprint density at radius 2 is 2.17 bits per heavy atom. The first-order valence-corrected chi connectivity index (χ1v) is 7.65. The van der Waals surface area contributed by atoms with E-state index in [1.54, 1.807) is 10.9 Å². The largest absolute Gasteiger partial charge is 0.325 e. The zero-order valence-corrected chi connectivity index (χ0v) is 15.4. The minimum atomic E-state index is 0. The minimum Gasteiger partial charge on any atom is -0.325 e. The first-order valence-electron chi connectivity index (χ1n) is 7.65. The number of pyridine rings is 1. The average molecular weight is 372 g/mol. The quantitative estimate of drug-likeness (QED) is 0.866. The molecular weight excluding hydrogens is 349 g/mol. The Hall–Kier alpha value is -1.63. The second-order valence-electron chi connectivity index (χ2n) is 5.79. The third-order valence-corrected chi connectivity index (χ3v) is 3.85. The molecule has 0 spiro atoms. The van der Waals surface area contributed by atoms with Gasteiger partial charge in [-0.05, 0) is 51.4 Å². The Morgan fingerprint density at radius 3 is 2.71 bits per heavy atom. The molecule has 1 fully saturated rings. The average Bonchev–Trinajstić information content (AvgIpc) is 3.09. The number of nitrogens with zero attached hydrogens (tertiary/aromatic N) is 3. The molecule has 2 aromatic rings. The van der Waals surface area contributed by atoms with Gasteiger partial charge in [0.15, 0.2) is 5.82 Å². The number of aromatic nitrogens is 3. The van der Waals surface area contributed by atoms with Crippen molar-refractivity contribution in [2.75, 3.05) is 11.9 Å². The van der Waals surface area contributed by atoms with E-state index in [1.165, 1.54) is 0 Å². The number of carbonyl (C=O) groups is 1. The maximum Gasteiger partial charge on any atom is 0.225 e. The summed E-state index contributed by atoms with van der Waals surface area (Å²) < 4.78 is 1.80. The maximum atomic E-state index is 12.0. The van der Waals surface area contributed by atoms with Gasteiger partial charge in [0.1, 0.15) is 0 Å². The van der Waals surface area contributed by atoms with Crippen LogP contribution in [0, 0.1) is 13.8 Å². The molecule has 8 heteroatoms. The van der Waals surface area contributed by atoms with Crippen LogP contribution in [0.3, 0.4) is 0 Å². The fourth-order valence-corrected chi connectivity index (χ4v) is 2.81. The normalized spacial score (nSPS) is 16.2. The van der Waals surface area contributed by atoms with Crippen molar-refractivity contribution in [3.8, 4) is 5.82 Å². The van der Waals surface area contributed by atoms with Crippen LogP contribution in [0.25, 0.3) is 5.82 Å².